The van der Waals surface area contributed by atoms with Crippen molar-refractivity contribution < 1.29 is 4.79 Å². The van der Waals surface area contributed by atoms with E-state index in [9.17, 15) is 4.79 Å². The zero-order valence-corrected chi connectivity index (χ0v) is 16.2. The summed E-state index contributed by atoms with van der Waals surface area (Å²) in [5.41, 5.74) is 3.84. The van der Waals surface area contributed by atoms with Crippen LogP contribution < -0.4 is 10.2 Å². The summed E-state index contributed by atoms with van der Waals surface area (Å²) in [4.78, 5) is 14.9. The summed E-state index contributed by atoms with van der Waals surface area (Å²) in [5.74, 6) is 0.707. The van der Waals surface area contributed by atoms with Crippen molar-refractivity contribution in [3.8, 4) is 0 Å². The fourth-order valence-corrected chi connectivity index (χ4v) is 3.61. The van der Waals surface area contributed by atoms with Crippen LogP contribution in [0.15, 0.2) is 30.5 Å². The molecule has 1 aliphatic heterocycles. The summed E-state index contributed by atoms with van der Waals surface area (Å²) in [6, 6.07) is 8.57. The highest BCUT2D eigenvalue weighted by Gasteiger charge is 2.16. The Bertz CT molecular complexity index is 735. The highest BCUT2D eigenvalue weighted by Crippen LogP contribution is 2.23. The SMILES string of the molecule is CCCn1cc(C(=O)NCc2ccc(N3CCCC(C)C3)cc2)c(C)n1. The van der Waals surface area contributed by atoms with Gasteiger partial charge in [0.1, 0.15) is 0 Å². The van der Waals surface area contributed by atoms with E-state index in [0.29, 0.717) is 12.1 Å². The topological polar surface area (TPSA) is 50.2 Å². The van der Waals surface area contributed by atoms with Crippen molar-refractivity contribution in [3.63, 3.8) is 0 Å². The molecule has 5 heteroatoms. The first kappa shape index (κ1) is 18.5. The lowest BCUT2D eigenvalue weighted by atomic mass is 9.99. The Balaban J connectivity index is 1.57. The second-order valence-electron chi connectivity index (χ2n) is 7.43. The molecule has 0 bridgehead atoms. The van der Waals surface area contributed by atoms with Crippen LogP contribution in [-0.4, -0.2) is 28.8 Å². The molecule has 1 aliphatic rings. The Morgan fingerprint density at radius 2 is 2.08 bits per heavy atom. The molecule has 3 rings (SSSR count). The fourth-order valence-electron chi connectivity index (χ4n) is 3.61. The third-order valence-corrected chi connectivity index (χ3v) is 5.06. The van der Waals surface area contributed by atoms with E-state index in [1.807, 2.05) is 17.8 Å². The molecule has 0 spiro atoms. The number of carbonyl (C=O) groups excluding carboxylic acids is 1. The third kappa shape index (κ3) is 4.45. The minimum Gasteiger partial charge on any atom is -0.371 e. The molecular weight excluding hydrogens is 324 g/mol. The second-order valence-corrected chi connectivity index (χ2v) is 7.43. The lowest BCUT2D eigenvalue weighted by molar-refractivity contribution is 0.0950. The minimum absolute atomic E-state index is 0.0567. The van der Waals surface area contributed by atoms with Gasteiger partial charge >= 0.3 is 0 Å². The molecular formula is C21H30N4O. The maximum absolute atomic E-state index is 12.4. The highest BCUT2D eigenvalue weighted by atomic mass is 16.1. The van der Waals surface area contributed by atoms with Gasteiger partial charge in [0.25, 0.3) is 5.91 Å². The molecule has 140 valence electrons. The van der Waals surface area contributed by atoms with Gasteiger partial charge in [0.15, 0.2) is 0 Å². The molecule has 1 aromatic carbocycles. The van der Waals surface area contributed by atoms with E-state index in [0.717, 1.165) is 43.2 Å². The number of amides is 1. The van der Waals surface area contributed by atoms with Gasteiger partial charge in [-0.05, 0) is 49.8 Å². The zero-order chi connectivity index (χ0) is 18.5. The zero-order valence-electron chi connectivity index (χ0n) is 16.2. The van der Waals surface area contributed by atoms with Gasteiger partial charge in [-0.2, -0.15) is 5.10 Å². The third-order valence-electron chi connectivity index (χ3n) is 5.06. The first-order valence-corrected chi connectivity index (χ1v) is 9.73. The monoisotopic (exact) mass is 354 g/mol. The van der Waals surface area contributed by atoms with Crippen molar-refractivity contribution in [1.29, 1.82) is 0 Å². The Labute approximate surface area is 156 Å². The number of benzene rings is 1. The molecule has 0 radical (unpaired) electrons. The molecule has 1 amide bonds. The van der Waals surface area contributed by atoms with Crippen molar-refractivity contribution in [3.05, 3.63) is 47.3 Å². The van der Waals surface area contributed by atoms with E-state index in [1.54, 1.807) is 0 Å². The van der Waals surface area contributed by atoms with E-state index in [1.165, 1.54) is 18.5 Å². The van der Waals surface area contributed by atoms with Crippen molar-refractivity contribution in [2.75, 3.05) is 18.0 Å². The van der Waals surface area contributed by atoms with Gasteiger partial charge in [0.05, 0.1) is 11.3 Å². The van der Waals surface area contributed by atoms with Gasteiger partial charge in [-0.25, -0.2) is 0 Å². The molecule has 1 N–H and O–H groups in total. The first-order chi connectivity index (χ1) is 12.6. The Morgan fingerprint density at radius 3 is 2.77 bits per heavy atom. The van der Waals surface area contributed by atoms with Crippen LogP contribution in [0.5, 0.6) is 0 Å². The van der Waals surface area contributed by atoms with Gasteiger partial charge in [-0.15, -0.1) is 0 Å². The van der Waals surface area contributed by atoms with Crippen LogP contribution in [0.1, 0.15) is 54.7 Å². The molecule has 1 aromatic heterocycles. The van der Waals surface area contributed by atoms with Gasteiger partial charge in [-0.3, -0.25) is 9.48 Å². The lowest BCUT2D eigenvalue weighted by Crippen LogP contribution is -2.34. The Kier molecular flexibility index (Phi) is 5.96. The van der Waals surface area contributed by atoms with Crippen molar-refractivity contribution >= 4 is 11.6 Å². The summed E-state index contributed by atoms with van der Waals surface area (Å²) in [6.45, 7) is 9.96. The number of rotatable bonds is 6. The van der Waals surface area contributed by atoms with Crippen LogP contribution in [0.25, 0.3) is 0 Å². The molecule has 26 heavy (non-hydrogen) atoms. The molecule has 1 unspecified atom stereocenters. The van der Waals surface area contributed by atoms with Gasteiger partial charge in [0.2, 0.25) is 0 Å². The average Bonchev–Trinajstić information content (AvgIpc) is 3.01. The summed E-state index contributed by atoms with van der Waals surface area (Å²) >= 11 is 0. The fraction of sp³-hybridized carbons (Fsp3) is 0.524. The highest BCUT2D eigenvalue weighted by molar-refractivity contribution is 5.94. The van der Waals surface area contributed by atoms with E-state index in [4.69, 9.17) is 0 Å². The maximum Gasteiger partial charge on any atom is 0.255 e. The smallest absolute Gasteiger partial charge is 0.255 e. The van der Waals surface area contributed by atoms with Crippen molar-refractivity contribution in [2.45, 2.75) is 53.1 Å². The van der Waals surface area contributed by atoms with Crippen LogP contribution in [0.4, 0.5) is 5.69 Å². The normalized spacial score (nSPS) is 17.3. The molecule has 0 aliphatic carbocycles. The second kappa shape index (κ2) is 8.39. The summed E-state index contributed by atoms with van der Waals surface area (Å²) < 4.78 is 1.85. The standard InChI is InChI=1S/C21H30N4O/c1-4-11-25-15-20(17(3)23-25)21(26)22-13-18-7-9-19(10-8-18)24-12-5-6-16(2)14-24/h7-10,15-16H,4-6,11-14H2,1-3H3,(H,22,26). The number of hydrogen-bond donors (Lipinski definition) is 1. The van der Waals surface area contributed by atoms with Crippen molar-refractivity contribution in [1.82, 2.24) is 15.1 Å². The van der Waals surface area contributed by atoms with Gasteiger partial charge in [-0.1, -0.05) is 26.0 Å². The lowest BCUT2D eigenvalue weighted by Gasteiger charge is -2.32. The molecule has 5 nitrogen and oxygen atoms in total. The van der Waals surface area contributed by atoms with Crippen LogP contribution in [-0.2, 0) is 13.1 Å². The predicted molar refractivity (Wildman–Crippen MR) is 105 cm³/mol. The van der Waals surface area contributed by atoms with E-state index in [-0.39, 0.29) is 5.91 Å². The number of nitrogens with zero attached hydrogens (tertiary/aromatic N) is 3. The summed E-state index contributed by atoms with van der Waals surface area (Å²) in [7, 11) is 0. The molecule has 2 heterocycles. The van der Waals surface area contributed by atoms with E-state index < -0.39 is 0 Å². The van der Waals surface area contributed by atoms with E-state index >= 15 is 0 Å². The molecule has 1 atom stereocenters. The van der Waals surface area contributed by atoms with Crippen LogP contribution in [0, 0.1) is 12.8 Å². The quantitative estimate of drug-likeness (QED) is 0.859. The number of anilines is 1. The van der Waals surface area contributed by atoms with Crippen molar-refractivity contribution in [2.24, 2.45) is 5.92 Å². The Morgan fingerprint density at radius 1 is 1.31 bits per heavy atom. The first-order valence-electron chi connectivity index (χ1n) is 9.73. The number of nitrogens with one attached hydrogen (secondary N) is 1. The largest absolute Gasteiger partial charge is 0.371 e. The number of aryl methyl sites for hydroxylation is 2. The average molecular weight is 354 g/mol. The van der Waals surface area contributed by atoms with Gasteiger partial charge < -0.3 is 10.2 Å². The number of hydrogen-bond acceptors (Lipinski definition) is 3. The molecule has 1 fully saturated rings. The number of carbonyl (C=O) groups is 1. The van der Waals surface area contributed by atoms with Gasteiger partial charge in [0, 0.05) is 38.1 Å². The number of aromatic nitrogens is 2. The van der Waals surface area contributed by atoms with Crippen LogP contribution >= 0.6 is 0 Å². The summed E-state index contributed by atoms with van der Waals surface area (Å²) in [6.07, 6.45) is 5.44. The van der Waals surface area contributed by atoms with Crippen LogP contribution in [0.2, 0.25) is 0 Å². The Hall–Kier alpha value is -2.30. The van der Waals surface area contributed by atoms with E-state index in [2.05, 4.69) is 53.4 Å². The molecule has 1 saturated heterocycles. The number of piperidine rings is 1. The molecule has 2 aromatic rings. The summed E-state index contributed by atoms with van der Waals surface area (Å²) in [5, 5.41) is 7.41. The maximum atomic E-state index is 12.4. The minimum atomic E-state index is -0.0567. The molecule has 0 saturated carbocycles. The van der Waals surface area contributed by atoms with Crippen LogP contribution in [0.3, 0.4) is 0 Å². The predicted octanol–water partition coefficient (Wildman–Crippen LogP) is 3.77.